The number of hydrogen-bond donors (Lipinski definition) is 2. The molecule has 9 atom stereocenters. The minimum absolute atomic E-state index is 0.0237. The molecular weight excluding hydrogens is 709 g/mol. The number of Topliss-reactive ketones (excluding diaryl/α,β-unsaturated/α-hetero) is 1. The monoisotopic (exact) mass is 762 g/mol. The van der Waals surface area contributed by atoms with Crippen molar-refractivity contribution in [3.63, 3.8) is 0 Å². The summed E-state index contributed by atoms with van der Waals surface area (Å²) in [6, 6.07) is 11.4. The van der Waals surface area contributed by atoms with Gasteiger partial charge >= 0.3 is 11.9 Å². The Labute approximate surface area is 328 Å². The summed E-state index contributed by atoms with van der Waals surface area (Å²) in [5.74, 6) is -0.721. The van der Waals surface area contributed by atoms with Crippen molar-refractivity contribution in [3.8, 4) is 5.75 Å². The number of anilines is 1. The van der Waals surface area contributed by atoms with Crippen molar-refractivity contribution < 1.29 is 33.7 Å². The molecule has 5 aliphatic heterocycles. The lowest BCUT2D eigenvalue weighted by Crippen LogP contribution is -2.81. The largest absolute Gasteiger partial charge is 0.496 e. The molecule has 6 heterocycles. The summed E-state index contributed by atoms with van der Waals surface area (Å²) >= 11 is 0. The summed E-state index contributed by atoms with van der Waals surface area (Å²) in [7, 11) is 4.83. The Bertz CT molecular complexity index is 2230. The standard InChI is InChI=1S/C45H54N4O7/c1-8-28-19-29-22-44(26(3)50,37-31(25-48(23-28)24-29)30-13-10-11-14-34(30)46-37)33-20-32-35(21-36(33)54-6)47(5)39-43(32)16-18-49-17-12-15-42(9-2,38(43)49)40(56-27(4)51)45(39,53)41(52)55-7/h10-15,19-21,29,38-40,46,53H,8-9,16-18,22-25H2,1-7H3/t29?,38-,39+,40+,42+,43?,44-,45-/m0/s1. The topological polar surface area (TPSA) is 125 Å². The number of aromatic amines is 1. The van der Waals surface area contributed by atoms with Crippen molar-refractivity contribution in [2.45, 2.75) is 94.5 Å². The van der Waals surface area contributed by atoms with Crippen LogP contribution in [-0.4, -0.2) is 109 Å². The maximum atomic E-state index is 15.0. The first-order valence-electron chi connectivity index (χ1n) is 20.2. The highest BCUT2D eigenvalue weighted by atomic mass is 16.6. The van der Waals surface area contributed by atoms with Crippen molar-refractivity contribution in [2.75, 3.05) is 52.3 Å². The van der Waals surface area contributed by atoms with Crippen molar-refractivity contribution in [1.29, 1.82) is 0 Å². The third-order valence-corrected chi connectivity index (χ3v) is 14.8. The molecule has 1 saturated carbocycles. The van der Waals surface area contributed by atoms with Crippen molar-refractivity contribution in [1.82, 2.24) is 14.8 Å². The Balaban J connectivity index is 1.36. The molecule has 0 radical (unpaired) electrons. The van der Waals surface area contributed by atoms with Crippen LogP contribution in [0.15, 0.2) is 60.2 Å². The molecular formula is C45H54N4O7. The minimum Gasteiger partial charge on any atom is -0.496 e. The van der Waals surface area contributed by atoms with E-state index < -0.39 is 45.9 Å². The second-order valence-corrected chi connectivity index (χ2v) is 17.2. The van der Waals surface area contributed by atoms with Crippen molar-refractivity contribution >= 4 is 34.3 Å². The van der Waals surface area contributed by atoms with Crippen LogP contribution in [0.1, 0.15) is 75.8 Å². The summed E-state index contributed by atoms with van der Waals surface area (Å²) in [4.78, 5) is 53.1. The number of likely N-dealkylation sites (N-methyl/N-ethyl adjacent to an activating group) is 1. The normalized spacial score (nSPS) is 35.4. The average Bonchev–Trinajstić information content (AvgIpc) is 3.84. The molecule has 56 heavy (non-hydrogen) atoms. The first kappa shape index (κ1) is 37.1. The van der Waals surface area contributed by atoms with E-state index in [1.165, 1.54) is 19.6 Å². The fraction of sp³-hybridized carbons (Fsp3) is 0.533. The molecule has 1 aromatic heterocycles. The van der Waals surface area contributed by atoms with E-state index in [1.54, 1.807) is 14.0 Å². The van der Waals surface area contributed by atoms with Gasteiger partial charge in [-0.15, -0.1) is 0 Å². The fourth-order valence-corrected chi connectivity index (χ4v) is 12.9. The molecule has 11 heteroatoms. The van der Waals surface area contributed by atoms with Gasteiger partial charge in [-0.3, -0.25) is 19.4 Å². The zero-order valence-electron chi connectivity index (χ0n) is 33.6. The van der Waals surface area contributed by atoms with Gasteiger partial charge in [-0.1, -0.05) is 55.8 Å². The third-order valence-electron chi connectivity index (χ3n) is 14.8. The number of ketones is 1. The number of carbonyl (C=O) groups excluding carboxylic acids is 3. The smallest absolute Gasteiger partial charge is 0.344 e. The minimum atomic E-state index is -2.25. The number of hydrogen-bond acceptors (Lipinski definition) is 10. The highest BCUT2D eigenvalue weighted by Crippen LogP contribution is 2.68. The predicted octanol–water partition coefficient (Wildman–Crippen LogP) is 5.17. The zero-order chi connectivity index (χ0) is 39.5. The first-order valence-corrected chi connectivity index (χ1v) is 20.2. The maximum absolute atomic E-state index is 15.0. The number of nitrogens with zero attached hydrogens (tertiary/aromatic N) is 3. The predicted molar refractivity (Wildman–Crippen MR) is 213 cm³/mol. The summed E-state index contributed by atoms with van der Waals surface area (Å²) in [6.45, 7) is 11.1. The van der Waals surface area contributed by atoms with Crippen LogP contribution >= 0.6 is 0 Å². The maximum Gasteiger partial charge on any atom is 0.344 e. The van der Waals surface area contributed by atoms with Gasteiger partial charge in [-0.2, -0.15) is 0 Å². The summed E-state index contributed by atoms with van der Waals surface area (Å²) < 4.78 is 18.0. The molecule has 2 fully saturated rings. The van der Waals surface area contributed by atoms with Gasteiger partial charge in [0.2, 0.25) is 5.60 Å². The molecule has 11 nitrogen and oxygen atoms in total. The fourth-order valence-electron chi connectivity index (χ4n) is 12.9. The molecule has 1 aliphatic carbocycles. The van der Waals surface area contributed by atoms with E-state index in [4.69, 9.17) is 14.2 Å². The van der Waals surface area contributed by atoms with E-state index in [1.807, 2.05) is 31.0 Å². The number of esters is 2. The third kappa shape index (κ3) is 4.59. The number of fused-ring (bicyclic) bond motifs is 6. The van der Waals surface area contributed by atoms with E-state index in [2.05, 4.69) is 64.2 Å². The highest BCUT2D eigenvalue weighted by molar-refractivity contribution is 5.97. The van der Waals surface area contributed by atoms with E-state index in [-0.39, 0.29) is 17.7 Å². The van der Waals surface area contributed by atoms with Crippen LogP contribution in [0.25, 0.3) is 10.9 Å². The Hall–Kier alpha value is -4.45. The SMILES string of the molecule is CCC1=CC2CN(C1)Cc1c([nH]c3ccccc13)[C@@](C(C)=O)(c1cc3c(cc1OC)N(C)[C@@H]1C34CCN3CC=C[C@](CC)([C@H]34)[C@@H](OC(C)=O)[C@]1(O)C(=O)OC)C2. The number of rotatable bonds is 7. The molecule has 0 amide bonds. The van der Waals surface area contributed by atoms with Crippen molar-refractivity contribution in [3.05, 3.63) is 82.6 Å². The van der Waals surface area contributed by atoms with Crippen LogP contribution in [0.5, 0.6) is 5.75 Å². The van der Waals surface area contributed by atoms with Gasteiger partial charge in [-0.25, -0.2) is 4.79 Å². The van der Waals surface area contributed by atoms with Gasteiger partial charge in [0.25, 0.3) is 0 Å². The van der Waals surface area contributed by atoms with Gasteiger partial charge in [0, 0.05) is 90.9 Å². The average molecular weight is 763 g/mol. The Morgan fingerprint density at radius 2 is 1.82 bits per heavy atom. The number of para-hydroxylation sites is 1. The van der Waals surface area contributed by atoms with Gasteiger partial charge < -0.3 is 29.2 Å². The molecule has 9 rings (SSSR count). The molecule has 3 unspecified atom stereocenters. The van der Waals surface area contributed by atoms with Crippen LogP contribution in [0.2, 0.25) is 0 Å². The number of carbonyl (C=O) groups is 3. The van der Waals surface area contributed by atoms with Gasteiger partial charge in [0.15, 0.2) is 6.10 Å². The number of ether oxygens (including phenoxy) is 3. The molecule has 2 N–H and O–H groups in total. The second kappa shape index (κ2) is 12.8. The first-order chi connectivity index (χ1) is 26.8. The molecule has 296 valence electrons. The number of H-pyrrole nitrogens is 1. The second-order valence-electron chi connectivity index (χ2n) is 17.2. The van der Waals surface area contributed by atoms with E-state index in [0.717, 1.165) is 58.5 Å². The Morgan fingerprint density at radius 3 is 2.52 bits per heavy atom. The molecule has 6 aliphatic rings. The van der Waals surface area contributed by atoms with Crippen LogP contribution < -0.4 is 9.64 Å². The van der Waals surface area contributed by atoms with Gasteiger partial charge in [0.05, 0.1) is 25.7 Å². The number of methoxy groups -OCH3 is 2. The lowest BCUT2D eigenvalue weighted by molar-refractivity contribution is -0.228. The Morgan fingerprint density at radius 1 is 1.04 bits per heavy atom. The van der Waals surface area contributed by atoms with Crippen LogP contribution in [-0.2, 0) is 41.2 Å². The number of benzene rings is 2. The molecule has 3 aromatic rings. The van der Waals surface area contributed by atoms with E-state index in [0.29, 0.717) is 44.6 Å². The lowest BCUT2D eigenvalue weighted by atomic mass is 9.47. The Kier molecular flexibility index (Phi) is 8.48. The number of nitrogens with one attached hydrogen (secondary N) is 1. The quantitative estimate of drug-likeness (QED) is 0.246. The van der Waals surface area contributed by atoms with Crippen LogP contribution in [0.4, 0.5) is 5.69 Å². The molecule has 1 spiro atoms. The highest BCUT2D eigenvalue weighted by Gasteiger charge is 2.80. The van der Waals surface area contributed by atoms with Crippen LogP contribution in [0, 0.1) is 11.3 Å². The molecule has 2 bridgehead atoms. The van der Waals surface area contributed by atoms with E-state index in [9.17, 15) is 14.7 Å². The van der Waals surface area contributed by atoms with E-state index >= 15 is 4.79 Å². The zero-order valence-corrected chi connectivity index (χ0v) is 33.6. The lowest BCUT2D eigenvalue weighted by Gasteiger charge is -2.63. The summed E-state index contributed by atoms with van der Waals surface area (Å²) in [5.41, 5.74) is 1.81. The molecule has 2 aromatic carbocycles. The number of aromatic nitrogens is 1. The number of aliphatic hydroxyl groups is 1. The summed E-state index contributed by atoms with van der Waals surface area (Å²) in [5, 5.41) is 14.4. The van der Waals surface area contributed by atoms with Gasteiger partial charge in [0.1, 0.15) is 11.5 Å². The van der Waals surface area contributed by atoms with Crippen LogP contribution in [0.3, 0.4) is 0 Å². The summed E-state index contributed by atoms with van der Waals surface area (Å²) in [6.07, 6.45) is 7.95. The van der Waals surface area contributed by atoms with Crippen molar-refractivity contribution in [2.24, 2.45) is 11.3 Å². The molecule has 1 saturated heterocycles. The van der Waals surface area contributed by atoms with Gasteiger partial charge in [-0.05, 0) is 68.3 Å².